The van der Waals surface area contributed by atoms with E-state index in [0.29, 0.717) is 20.3 Å². The molecular weight excluding hydrogens is 408 g/mol. The second-order valence-electron chi connectivity index (χ2n) is 5.83. The van der Waals surface area contributed by atoms with Gasteiger partial charge in [0.25, 0.3) is 5.70 Å². The number of nitroso groups, excluding NO2 is 1. The first-order valence-corrected chi connectivity index (χ1v) is 9.08. The number of ketones is 1. The Morgan fingerprint density at radius 1 is 1.36 bits per heavy atom. The first-order valence-electron chi connectivity index (χ1n) is 7.47. The Morgan fingerprint density at radius 3 is 2.84 bits per heavy atom. The largest absolute Gasteiger partial charge is 0.456 e. The van der Waals surface area contributed by atoms with Gasteiger partial charge in [-0.2, -0.15) is 0 Å². The number of aliphatic hydroxyl groups is 2. The van der Waals surface area contributed by atoms with Gasteiger partial charge in [-0.3, -0.25) is 4.79 Å². The number of allylic oxidation sites excluding steroid dienone is 2. The van der Waals surface area contributed by atoms with Crippen molar-refractivity contribution in [1.82, 2.24) is 4.98 Å². The highest BCUT2D eigenvalue weighted by Gasteiger charge is 2.52. The van der Waals surface area contributed by atoms with Crippen LogP contribution in [-0.2, 0) is 11.2 Å². The van der Waals surface area contributed by atoms with Gasteiger partial charge in [0.05, 0.1) is 22.0 Å². The van der Waals surface area contributed by atoms with E-state index in [9.17, 15) is 19.9 Å². The summed E-state index contributed by atoms with van der Waals surface area (Å²) in [6.07, 6.45) is -1.21. The Bertz CT molecular complexity index is 1020. The molecule has 2 N–H and O–H groups in total. The maximum absolute atomic E-state index is 12.7. The van der Waals surface area contributed by atoms with E-state index in [-0.39, 0.29) is 23.3 Å². The number of hydrogen-bond donors (Lipinski definition) is 2. The molecule has 1 aromatic heterocycles. The summed E-state index contributed by atoms with van der Waals surface area (Å²) >= 11 is 4.55. The van der Waals surface area contributed by atoms with Gasteiger partial charge in [-0.05, 0) is 24.6 Å². The van der Waals surface area contributed by atoms with E-state index in [1.807, 2.05) is 24.3 Å². The SMILES string of the molecule is Cc1nc2c(s1)C(O)C(=O)C1=C(Cc3cccc(Br)c3)[N+](=O)C(O)=C12. The highest BCUT2D eigenvalue weighted by atomic mass is 79.9. The lowest BCUT2D eigenvalue weighted by molar-refractivity contribution is -0.474. The van der Waals surface area contributed by atoms with Crippen molar-refractivity contribution in [3.63, 3.8) is 0 Å². The molecule has 1 aliphatic carbocycles. The second-order valence-corrected chi connectivity index (χ2v) is 7.98. The molecule has 25 heavy (non-hydrogen) atoms. The smallest absolute Gasteiger partial charge is 0.430 e. The molecule has 2 heterocycles. The number of aliphatic hydroxyl groups excluding tert-OH is 2. The third-order valence-electron chi connectivity index (χ3n) is 4.20. The number of carbonyl (C=O) groups excluding carboxylic acids is 1. The molecule has 0 saturated heterocycles. The zero-order valence-corrected chi connectivity index (χ0v) is 15.4. The number of benzene rings is 1. The molecule has 6 nitrogen and oxygen atoms in total. The van der Waals surface area contributed by atoms with E-state index in [2.05, 4.69) is 20.9 Å². The number of aromatic nitrogens is 1. The van der Waals surface area contributed by atoms with E-state index in [4.69, 9.17) is 0 Å². The van der Waals surface area contributed by atoms with Crippen LogP contribution in [0.5, 0.6) is 0 Å². The Kier molecular flexibility index (Phi) is 3.71. The molecule has 1 unspecified atom stereocenters. The second kappa shape index (κ2) is 5.69. The number of fused-ring (bicyclic) bond motifs is 3. The van der Waals surface area contributed by atoms with E-state index in [1.165, 1.54) is 11.3 Å². The van der Waals surface area contributed by atoms with Gasteiger partial charge in [0.2, 0.25) is 5.78 Å². The molecule has 0 saturated carbocycles. The summed E-state index contributed by atoms with van der Waals surface area (Å²) in [6.45, 7) is 1.74. The van der Waals surface area contributed by atoms with Gasteiger partial charge in [-0.15, -0.1) is 11.3 Å². The molecule has 1 atom stereocenters. The molecule has 8 heteroatoms. The quantitative estimate of drug-likeness (QED) is 0.728. The highest BCUT2D eigenvalue weighted by molar-refractivity contribution is 9.10. The number of Topliss-reactive ketones (excluding diaryl/α,β-unsaturated/α-hetero) is 1. The van der Waals surface area contributed by atoms with Crippen LogP contribution in [-0.4, -0.2) is 25.7 Å². The predicted molar refractivity (Wildman–Crippen MR) is 94.9 cm³/mol. The van der Waals surface area contributed by atoms with Crippen LogP contribution in [0.4, 0.5) is 0 Å². The minimum Gasteiger partial charge on any atom is -0.456 e. The van der Waals surface area contributed by atoms with E-state index >= 15 is 0 Å². The van der Waals surface area contributed by atoms with E-state index in [1.54, 1.807) is 6.92 Å². The van der Waals surface area contributed by atoms with Crippen molar-refractivity contribution in [2.24, 2.45) is 0 Å². The Hall–Kier alpha value is -2.16. The minimum absolute atomic E-state index is 0.0535. The summed E-state index contributed by atoms with van der Waals surface area (Å²) in [7, 11) is 0. The molecule has 0 radical (unpaired) electrons. The van der Waals surface area contributed by atoms with E-state index < -0.39 is 17.8 Å². The normalized spacial score (nSPS) is 19.6. The topological polar surface area (TPSA) is 90.5 Å². The van der Waals surface area contributed by atoms with Crippen molar-refractivity contribution in [3.05, 3.63) is 71.9 Å². The van der Waals surface area contributed by atoms with Gasteiger partial charge in [0, 0.05) is 9.38 Å². The lowest BCUT2D eigenvalue weighted by atomic mass is 9.87. The summed E-state index contributed by atoms with van der Waals surface area (Å²) in [5.41, 5.74) is 1.40. The van der Waals surface area contributed by atoms with Crippen molar-refractivity contribution in [1.29, 1.82) is 0 Å². The van der Waals surface area contributed by atoms with Crippen LogP contribution in [0.3, 0.4) is 0 Å². The Labute approximate surface area is 154 Å². The van der Waals surface area contributed by atoms with E-state index in [0.717, 1.165) is 10.0 Å². The number of halogens is 1. The van der Waals surface area contributed by atoms with Crippen LogP contribution in [0, 0.1) is 11.8 Å². The fraction of sp³-hybridized carbons (Fsp3) is 0.176. The van der Waals surface area contributed by atoms with Crippen LogP contribution in [0.2, 0.25) is 0 Å². The average molecular weight is 420 g/mol. The van der Waals surface area contributed by atoms with Crippen molar-refractivity contribution >= 4 is 38.6 Å². The molecule has 0 amide bonds. The number of thiazole rings is 1. The fourth-order valence-electron chi connectivity index (χ4n) is 3.14. The van der Waals surface area contributed by atoms with Gasteiger partial charge < -0.3 is 10.2 Å². The van der Waals surface area contributed by atoms with Gasteiger partial charge >= 0.3 is 5.88 Å². The van der Waals surface area contributed by atoms with Gasteiger partial charge in [0.1, 0.15) is 15.9 Å². The van der Waals surface area contributed by atoms with Crippen molar-refractivity contribution in [3.8, 4) is 0 Å². The number of carbonyl (C=O) groups is 1. The van der Waals surface area contributed by atoms with Crippen LogP contribution in [0.25, 0.3) is 5.57 Å². The standard InChI is InChI=1S/C17H11BrN2O4S/c1-7-19-13-12-11(14(21)15(22)16(13)25-7)10(20(24)17(12)23)6-8-3-2-4-9(18)5-8/h2-5,15,22H,6H2,1H3/p+1. The van der Waals surface area contributed by atoms with Crippen LogP contribution in [0.15, 0.2) is 45.9 Å². The summed E-state index contributed by atoms with van der Waals surface area (Å²) < 4.78 is 1.20. The summed E-state index contributed by atoms with van der Waals surface area (Å²) in [4.78, 5) is 29.9. The molecule has 4 rings (SSSR count). The molecule has 0 bridgehead atoms. The van der Waals surface area contributed by atoms with Crippen molar-refractivity contribution in [2.75, 3.05) is 0 Å². The Morgan fingerprint density at radius 2 is 2.12 bits per heavy atom. The number of hydrogen-bond acceptors (Lipinski definition) is 6. The lowest BCUT2D eigenvalue weighted by Crippen LogP contribution is -2.21. The van der Waals surface area contributed by atoms with Gasteiger partial charge in [0.15, 0.2) is 6.10 Å². The summed E-state index contributed by atoms with van der Waals surface area (Å²) in [5.74, 6) is -1.13. The third-order valence-corrected chi connectivity index (χ3v) is 5.72. The van der Waals surface area contributed by atoms with Crippen molar-refractivity contribution < 1.29 is 19.8 Å². The maximum atomic E-state index is 12.7. The van der Waals surface area contributed by atoms with Crippen molar-refractivity contribution in [2.45, 2.75) is 19.4 Å². The summed E-state index contributed by atoms with van der Waals surface area (Å²) in [6, 6.07) is 7.33. The zero-order valence-electron chi connectivity index (χ0n) is 13.0. The molecule has 0 spiro atoms. The number of aryl methyl sites for hydroxylation is 1. The number of rotatable bonds is 2. The van der Waals surface area contributed by atoms with Crippen LogP contribution in [0.1, 0.15) is 27.2 Å². The highest BCUT2D eigenvalue weighted by Crippen LogP contribution is 2.47. The van der Waals surface area contributed by atoms with Gasteiger partial charge in [-0.1, -0.05) is 28.1 Å². The fourth-order valence-corrected chi connectivity index (χ4v) is 4.51. The Balaban J connectivity index is 1.90. The zero-order chi connectivity index (χ0) is 17.9. The molecule has 1 aliphatic heterocycles. The molecular formula is C17H12BrN2O4S+. The van der Waals surface area contributed by atoms with Crippen LogP contribution < -0.4 is 0 Å². The van der Waals surface area contributed by atoms with Gasteiger partial charge in [-0.25, -0.2) is 4.98 Å². The molecule has 1 aromatic carbocycles. The average Bonchev–Trinajstić information content (AvgIpc) is 3.06. The molecule has 0 fully saturated rings. The lowest BCUT2D eigenvalue weighted by Gasteiger charge is -2.16. The third kappa shape index (κ3) is 2.40. The monoisotopic (exact) mass is 419 g/mol. The molecule has 126 valence electrons. The van der Waals surface area contributed by atoms with Crippen LogP contribution >= 0.6 is 27.3 Å². The number of nitrogens with zero attached hydrogens (tertiary/aromatic N) is 2. The minimum atomic E-state index is -1.36. The predicted octanol–water partition coefficient (Wildman–Crippen LogP) is 3.35. The first kappa shape index (κ1) is 16.3. The first-order chi connectivity index (χ1) is 11.9. The maximum Gasteiger partial charge on any atom is 0.430 e. The molecule has 2 aliphatic rings. The summed E-state index contributed by atoms with van der Waals surface area (Å²) in [5, 5.41) is 21.3. The molecule has 2 aromatic rings.